The van der Waals surface area contributed by atoms with E-state index in [9.17, 15) is 9.59 Å². The molecule has 1 amide bonds. The van der Waals surface area contributed by atoms with Crippen molar-refractivity contribution < 1.29 is 14.3 Å². The summed E-state index contributed by atoms with van der Waals surface area (Å²) in [4.78, 5) is 25.6. The lowest BCUT2D eigenvalue weighted by Gasteiger charge is -2.22. The Morgan fingerprint density at radius 1 is 1.12 bits per heavy atom. The molecule has 1 unspecified atom stereocenters. The van der Waals surface area contributed by atoms with Gasteiger partial charge in [0.25, 0.3) is 0 Å². The molecule has 0 aromatic heterocycles. The average Bonchev–Trinajstić information content (AvgIpc) is 2.52. The minimum absolute atomic E-state index is 0.0950. The first-order valence-electron chi connectivity index (χ1n) is 8.51. The molecule has 5 heteroatoms. The first-order chi connectivity index (χ1) is 11.2. The summed E-state index contributed by atoms with van der Waals surface area (Å²) in [5.74, 6) is -0.264. The van der Waals surface area contributed by atoms with Crippen LogP contribution in [0.1, 0.15) is 52.9 Å². The third-order valence-electron chi connectivity index (χ3n) is 3.63. The van der Waals surface area contributed by atoms with E-state index in [1.807, 2.05) is 51.1 Å². The lowest BCUT2D eigenvalue weighted by atomic mass is 10.1. The molecule has 0 saturated heterocycles. The lowest BCUT2D eigenvalue weighted by Crippen LogP contribution is -2.37. The standard InChI is InChI=1S/C19H30N2O3/c1-19(2,3)24-18(23)16(20)13-9-6-10-14-17(22)21(4)15-11-7-5-8-12-15/h5,7-8,11-12,16H,6,9-10,13-14,20H2,1-4H3. The Labute approximate surface area is 145 Å². The van der Waals surface area contributed by atoms with Crippen LogP contribution in [0, 0.1) is 0 Å². The number of rotatable bonds is 8. The summed E-state index contributed by atoms with van der Waals surface area (Å²) in [6.45, 7) is 5.48. The van der Waals surface area contributed by atoms with E-state index in [0.717, 1.165) is 24.9 Å². The lowest BCUT2D eigenvalue weighted by molar-refractivity contribution is -0.156. The predicted octanol–water partition coefficient (Wildman–Crippen LogP) is 3.27. The molecule has 0 spiro atoms. The summed E-state index contributed by atoms with van der Waals surface area (Å²) in [6, 6.07) is 8.99. The molecule has 5 nitrogen and oxygen atoms in total. The van der Waals surface area contributed by atoms with Crippen molar-refractivity contribution >= 4 is 17.6 Å². The molecule has 0 radical (unpaired) electrons. The fraction of sp³-hybridized carbons (Fsp3) is 0.579. The number of anilines is 1. The summed E-state index contributed by atoms with van der Waals surface area (Å²) >= 11 is 0. The van der Waals surface area contributed by atoms with Crippen molar-refractivity contribution in [3.05, 3.63) is 30.3 Å². The highest BCUT2D eigenvalue weighted by atomic mass is 16.6. The quantitative estimate of drug-likeness (QED) is 0.585. The summed E-state index contributed by atoms with van der Waals surface area (Å²) in [5, 5.41) is 0. The van der Waals surface area contributed by atoms with Crippen molar-refractivity contribution in [2.45, 2.75) is 64.5 Å². The van der Waals surface area contributed by atoms with Crippen molar-refractivity contribution in [3.8, 4) is 0 Å². The molecule has 2 N–H and O–H groups in total. The number of nitrogens with zero attached hydrogens (tertiary/aromatic N) is 1. The SMILES string of the molecule is CN(C(=O)CCCCCC(N)C(=O)OC(C)(C)C)c1ccccc1. The molecule has 24 heavy (non-hydrogen) atoms. The van der Waals surface area contributed by atoms with Gasteiger partial charge in [0.15, 0.2) is 0 Å². The van der Waals surface area contributed by atoms with Crippen LogP contribution >= 0.6 is 0 Å². The fourth-order valence-electron chi connectivity index (χ4n) is 2.28. The highest BCUT2D eigenvalue weighted by molar-refractivity contribution is 5.92. The van der Waals surface area contributed by atoms with Crippen LogP contribution in [0.15, 0.2) is 30.3 Å². The van der Waals surface area contributed by atoms with Gasteiger partial charge in [0, 0.05) is 19.2 Å². The van der Waals surface area contributed by atoms with Crippen molar-refractivity contribution in [1.82, 2.24) is 0 Å². The van der Waals surface area contributed by atoms with Crippen LogP contribution in [0.4, 0.5) is 5.69 Å². The maximum Gasteiger partial charge on any atom is 0.323 e. The van der Waals surface area contributed by atoms with Crippen LogP contribution < -0.4 is 10.6 Å². The van der Waals surface area contributed by atoms with E-state index in [-0.39, 0.29) is 11.9 Å². The maximum atomic E-state index is 12.1. The number of hydrogen-bond acceptors (Lipinski definition) is 4. The number of unbranched alkanes of at least 4 members (excludes halogenated alkanes) is 2. The normalized spacial score (nSPS) is 12.5. The Morgan fingerprint density at radius 2 is 1.75 bits per heavy atom. The highest BCUT2D eigenvalue weighted by Crippen LogP contribution is 2.15. The smallest absolute Gasteiger partial charge is 0.323 e. The first-order valence-corrected chi connectivity index (χ1v) is 8.51. The first kappa shape index (κ1) is 20.2. The highest BCUT2D eigenvalue weighted by Gasteiger charge is 2.21. The molecule has 0 saturated carbocycles. The van der Waals surface area contributed by atoms with Crippen molar-refractivity contribution in [2.75, 3.05) is 11.9 Å². The van der Waals surface area contributed by atoms with E-state index >= 15 is 0 Å². The third kappa shape index (κ3) is 7.59. The monoisotopic (exact) mass is 334 g/mol. The molecular formula is C19H30N2O3. The number of carbonyl (C=O) groups excluding carboxylic acids is 2. The third-order valence-corrected chi connectivity index (χ3v) is 3.63. The van der Waals surface area contributed by atoms with E-state index in [2.05, 4.69) is 0 Å². The van der Waals surface area contributed by atoms with Gasteiger partial charge in [-0.1, -0.05) is 31.0 Å². The predicted molar refractivity (Wildman–Crippen MR) is 96.8 cm³/mol. The molecule has 0 fully saturated rings. The van der Waals surface area contributed by atoms with Gasteiger partial charge in [0.05, 0.1) is 0 Å². The Hall–Kier alpha value is -1.88. The van der Waals surface area contributed by atoms with Crippen molar-refractivity contribution in [2.24, 2.45) is 5.73 Å². The molecule has 0 aliphatic carbocycles. The Bertz CT molecular complexity index is 523. The number of nitrogens with two attached hydrogens (primary N) is 1. The molecule has 1 aromatic rings. The number of hydrogen-bond donors (Lipinski definition) is 1. The Morgan fingerprint density at radius 3 is 2.33 bits per heavy atom. The largest absolute Gasteiger partial charge is 0.459 e. The van der Waals surface area contributed by atoms with E-state index < -0.39 is 11.6 Å². The molecule has 1 aromatic carbocycles. The Kier molecular flexibility index (Phi) is 7.92. The molecule has 1 rings (SSSR count). The molecule has 1 atom stereocenters. The van der Waals surface area contributed by atoms with Gasteiger partial charge in [-0.2, -0.15) is 0 Å². The fourth-order valence-corrected chi connectivity index (χ4v) is 2.28. The second-order valence-electron chi connectivity index (χ2n) is 7.03. The van der Waals surface area contributed by atoms with E-state index in [1.165, 1.54) is 0 Å². The number of esters is 1. The summed E-state index contributed by atoms with van der Waals surface area (Å²) < 4.78 is 5.25. The van der Waals surface area contributed by atoms with Gasteiger partial charge in [0.1, 0.15) is 11.6 Å². The van der Waals surface area contributed by atoms with Crippen LogP contribution in [-0.2, 0) is 14.3 Å². The number of ether oxygens (including phenoxy) is 1. The summed E-state index contributed by atoms with van der Waals surface area (Å²) in [5.41, 5.74) is 6.23. The molecule has 0 heterocycles. The average molecular weight is 334 g/mol. The number of para-hydroxylation sites is 1. The van der Waals surface area contributed by atoms with Gasteiger partial charge in [-0.15, -0.1) is 0 Å². The minimum Gasteiger partial charge on any atom is -0.459 e. The summed E-state index contributed by atoms with van der Waals surface area (Å²) in [6.07, 6.45) is 3.54. The van der Waals surface area contributed by atoms with Gasteiger partial charge in [-0.25, -0.2) is 0 Å². The van der Waals surface area contributed by atoms with Gasteiger partial charge in [-0.05, 0) is 45.7 Å². The van der Waals surface area contributed by atoms with E-state index in [1.54, 1.807) is 11.9 Å². The molecule has 134 valence electrons. The summed E-state index contributed by atoms with van der Waals surface area (Å²) in [7, 11) is 1.79. The van der Waals surface area contributed by atoms with Crippen molar-refractivity contribution in [3.63, 3.8) is 0 Å². The van der Waals surface area contributed by atoms with Gasteiger partial charge in [-0.3, -0.25) is 9.59 Å². The van der Waals surface area contributed by atoms with Crippen LogP contribution in [-0.4, -0.2) is 30.6 Å². The number of carbonyl (C=O) groups is 2. The Balaban J connectivity index is 2.22. The molecular weight excluding hydrogens is 304 g/mol. The van der Waals surface area contributed by atoms with E-state index in [4.69, 9.17) is 10.5 Å². The topological polar surface area (TPSA) is 72.6 Å². The van der Waals surface area contributed by atoms with Gasteiger partial charge < -0.3 is 15.4 Å². The molecule has 0 bridgehead atoms. The molecule has 0 aliphatic heterocycles. The van der Waals surface area contributed by atoms with Crippen LogP contribution in [0.25, 0.3) is 0 Å². The number of benzene rings is 1. The van der Waals surface area contributed by atoms with Gasteiger partial charge in [0.2, 0.25) is 5.91 Å². The van der Waals surface area contributed by atoms with E-state index in [0.29, 0.717) is 12.8 Å². The van der Waals surface area contributed by atoms with Crippen LogP contribution in [0.3, 0.4) is 0 Å². The number of amides is 1. The van der Waals surface area contributed by atoms with Gasteiger partial charge >= 0.3 is 5.97 Å². The zero-order valence-corrected chi connectivity index (χ0v) is 15.2. The second kappa shape index (κ2) is 9.42. The molecule has 0 aliphatic rings. The second-order valence-corrected chi connectivity index (χ2v) is 7.03. The van der Waals surface area contributed by atoms with Crippen LogP contribution in [0.5, 0.6) is 0 Å². The maximum absolute atomic E-state index is 12.1. The minimum atomic E-state index is -0.591. The zero-order chi connectivity index (χ0) is 18.2. The van der Waals surface area contributed by atoms with Crippen molar-refractivity contribution in [1.29, 1.82) is 0 Å². The van der Waals surface area contributed by atoms with Crippen LogP contribution in [0.2, 0.25) is 0 Å². The zero-order valence-electron chi connectivity index (χ0n) is 15.2.